The van der Waals surface area contributed by atoms with Gasteiger partial charge in [-0.05, 0) is 41.5 Å². The van der Waals surface area contributed by atoms with Crippen LogP contribution in [0.1, 0.15) is 23.8 Å². The van der Waals surface area contributed by atoms with Gasteiger partial charge in [-0.15, -0.1) is 16.4 Å². The minimum Gasteiger partial charge on any atom is -0.486 e. The first-order chi connectivity index (χ1) is 14.3. The molecule has 4 heterocycles. The topological polar surface area (TPSA) is 95.3 Å². The molecule has 2 aromatic heterocycles. The van der Waals surface area contributed by atoms with Crippen LogP contribution in [0.3, 0.4) is 0 Å². The Balaban J connectivity index is 1.22. The molecule has 0 spiro atoms. The van der Waals surface area contributed by atoms with Crippen LogP contribution in [-0.2, 0) is 11.3 Å². The molecular weight excluding hydrogens is 392 g/mol. The molecule has 0 N–H and O–H groups in total. The van der Waals surface area contributed by atoms with Crippen LogP contribution in [-0.4, -0.2) is 62.3 Å². The summed E-state index contributed by atoms with van der Waals surface area (Å²) in [5.74, 6) is 1.99. The van der Waals surface area contributed by atoms with E-state index < -0.39 is 0 Å². The van der Waals surface area contributed by atoms with E-state index in [1.165, 1.54) is 11.0 Å². The molecule has 3 aromatic rings. The van der Waals surface area contributed by atoms with Crippen LogP contribution < -0.4 is 9.47 Å². The van der Waals surface area contributed by atoms with Gasteiger partial charge in [-0.1, -0.05) is 0 Å². The third-order valence-electron chi connectivity index (χ3n) is 5.25. The fraction of sp³-hybridized carbons (Fsp3) is 0.421. The lowest BCUT2D eigenvalue weighted by atomic mass is 9.97. The molecule has 1 fully saturated rings. The number of hydrogen-bond donors (Lipinski definition) is 0. The van der Waals surface area contributed by atoms with Gasteiger partial charge in [-0.3, -0.25) is 4.79 Å². The first-order valence-electron chi connectivity index (χ1n) is 9.60. The Bertz CT molecular complexity index is 997. The average Bonchev–Trinajstić information content (AvgIpc) is 3.46. The summed E-state index contributed by atoms with van der Waals surface area (Å²) in [7, 11) is 0. The van der Waals surface area contributed by atoms with Crippen LogP contribution in [0.2, 0.25) is 0 Å². The van der Waals surface area contributed by atoms with Crippen molar-refractivity contribution in [3.63, 3.8) is 0 Å². The smallest absolute Gasteiger partial charge is 0.244 e. The molecule has 0 atom stereocenters. The lowest BCUT2D eigenvalue weighted by molar-refractivity contribution is -0.133. The van der Waals surface area contributed by atoms with Crippen LogP contribution in [0.4, 0.5) is 0 Å². The van der Waals surface area contributed by atoms with Crippen LogP contribution in [0.5, 0.6) is 11.5 Å². The predicted molar refractivity (Wildman–Crippen MR) is 105 cm³/mol. The Labute approximate surface area is 171 Å². The molecule has 0 saturated carbocycles. The highest BCUT2D eigenvalue weighted by atomic mass is 32.1. The largest absolute Gasteiger partial charge is 0.486 e. The van der Waals surface area contributed by atoms with Crippen molar-refractivity contribution in [2.45, 2.75) is 25.3 Å². The molecule has 0 bridgehead atoms. The number of nitrogens with zero attached hydrogens (tertiary/aromatic N) is 6. The standard InChI is InChI=1S/C19H20N6O3S/c26-18(10-25-12-20-22-23-25)24-5-3-13(4-6-24)19-21-15(11-29-19)14-1-2-16-17(9-14)28-8-7-27-16/h1-2,9,11-13H,3-8,10H2. The van der Waals surface area contributed by atoms with Gasteiger partial charge in [0.05, 0.1) is 10.7 Å². The molecule has 9 nitrogen and oxygen atoms in total. The van der Waals surface area contributed by atoms with Crippen molar-refractivity contribution in [3.05, 3.63) is 34.9 Å². The number of piperidine rings is 1. The fourth-order valence-corrected chi connectivity index (χ4v) is 4.68. The average molecular weight is 412 g/mol. The number of carbonyl (C=O) groups is 1. The summed E-state index contributed by atoms with van der Waals surface area (Å²) < 4.78 is 12.7. The minimum atomic E-state index is 0.0480. The number of hydrogen-bond acceptors (Lipinski definition) is 8. The third-order valence-corrected chi connectivity index (χ3v) is 6.25. The maximum atomic E-state index is 12.4. The zero-order chi connectivity index (χ0) is 19.6. The lowest BCUT2D eigenvalue weighted by Crippen LogP contribution is -2.39. The van der Waals surface area contributed by atoms with Crippen molar-refractivity contribution >= 4 is 17.2 Å². The van der Waals surface area contributed by atoms with E-state index in [-0.39, 0.29) is 12.5 Å². The molecule has 1 aromatic carbocycles. The zero-order valence-electron chi connectivity index (χ0n) is 15.7. The Morgan fingerprint density at radius 3 is 2.79 bits per heavy atom. The van der Waals surface area contributed by atoms with E-state index in [2.05, 4.69) is 20.9 Å². The van der Waals surface area contributed by atoms with Crippen molar-refractivity contribution < 1.29 is 14.3 Å². The zero-order valence-corrected chi connectivity index (χ0v) is 16.5. The fourth-order valence-electron chi connectivity index (χ4n) is 3.68. The van der Waals surface area contributed by atoms with E-state index in [0.717, 1.165) is 53.7 Å². The van der Waals surface area contributed by atoms with Gasteiger partial charge in [0.25, 0.3) is 0 Å². The summed E-state index contributed by atoms with van der Waals surface area (Å²) in [6.45, 7) is 2.80. The summed E-state index contributed by atoms with van der Waals surface area (Å²) in [5, 5.41) is 14.1. The SMILES string of the molecule is O=C(Cn1cnnn1)N1CCC(c2nc(-c3ccc4c(c3)OCCO4)cs2)CC1. The molecule has 0 radical (unpaired) electrons. The number of rotatable bonds is 4. The molecule has 0 aliphatic carbocycles. The molecule has 5 rings (SSSR count). The van der Waals surface area contributed by atoms with Gasteiger partial charge >= 0.3 is 0 Å². The first kappa shape index (κ1) is 18.0. The number of likely N-dealkylation sites (tertiary alicyclic amines) is 1. The Morgan fingerprint density at radius 1 is 1.17 bits per heavy atom. The molecular formula is C19H20N6O3S. The maximum absolute atomic E-state index is 12.4. The van der Waals surface area contributed by atoms with Gasteiger partial charge in [0.15, 0.2) is 11.5 Å². The Kier molecular flexibility index (Phi) is 4.84. The van der Waals surface area contributed by atoms with Crippen LogP contribution >= 0.6 is 11.3 Å². The molecule has 2 aliphatic heterocycles. The highest BCUT2D eigenvalue weighted by Gasteiger charge is 2.26. The van der Waals surface area contributed by atoms with Crippen molar-refractivity contribution in [2.75, 3.05) is 26.3 Å². The molecule has 1 saturated heterocycles. The highest BCUT2D eigenvalue weighted by molar-refractivity contribution is 7.10. The molecule has 1 amide bonds. The number of tetrazole rings is 1. The summed E-state index contributed by atoms with van der Waals surface area (Å²) in [5.41, 5.74) is 1.99. The third kappa shape index (κ3) is 3.80. The van der Waals surface area contributed by atoms with Gasteiger partial charge in [-0.25, -0.2) is 9.67 Å². The Hall–Kier alpha value is -3.01. The quantitative estimate of drug-likeness (QED) is 0.646. The van der Waals surface area contributed by atoms with E-state index in [0.29, 0.717) is 19.1 Å². The summed E-state index contributed by atoms with van der Waals surface area (Å²) in [4.78, 5) is 19.1. The van der Waals surface area contributed by atoms with Gasteiger partial charge in [0.1, 0.15) is 26.1 Å². The number of fused-ring (bicyclic) bond motifs is 1. The van der Waals surface area contributed by atoms with Crippen LogP contribution in [0.15, 0.2) is 29.9 Å². The van der Waals surface area contributed by atoms with Crippen LogP contribution in [0, 0.1) is 0 Å². The van der Waals surface area contributed by atoms with E-state index in [4.69, 9.17) is 14.5 Å². The van der Waals surface area contributed by atoms with E-state index in [1.807, 2.05) is 23.1 Å². The van der Waals surface area contributed by atoms with Gasteiger partial charge < -0.3 is 14.4 Å². The molecule has 10 heteroatoms. The maximum Gasteiger partial charge on any atom is 0.244 e. The van der Waals surface area contributed by atoms with Gasteiger partial charge in [0.2, 0.25) is 5.91 Å². The van der Waals surface area contributed by atoms with Crippen molar-refractivity contribution in [2.24, 2.45) is 0 Å². The number of thiazole rings is 1. The lowest BCUT2D eigenvalue weighted by Gasteiger charge is -2.31. The second-order valence-corrected chi connectivity index (χ2v) is 7.98. The second kappa shape index (κ2) is 7.78. The highest BCUT2D eigenvalue weighted by Crippen LogP contribution is 2.37. The monoisotopic (exact) mass is 412 g/mol. The summed E-state index contributed by atoms with van der Waals surface area (Å²) >= 11 is 1.68. The van der Waals surface area contributed by atoms with Gasteiger partial charge in [-0.2, -0.15) is 0 Å². The van der Waals surface area contributed by atoms with Crippen molar-refractivity contribution in [3.8, 4) is 22.8 Å². The minimum absolute atomic E-state index is 0.0480. The van der Waals surface area contributed by atoms with E-state index >= 15 is 0 Å². The molecule has 29 heavy (non-hydrogen) atoms. The summed E-state index contributed by atoms with van der Waals surface area (Å²) in [6.07, 6.45) is 3.28. The van der Waals surface area contributed by atoms with Gasteiger partial charge in [0, 0.05) is 30.0 Å². The van der Waals surface area contributed by atoms with E-state index in [1.54, 1.807) is 11.3 Å². The molecule has 150 valence electrons. The summed E-state index contributed by atoms with van der Waals surface area (Å²) in [6, 6.07) is 5.96. The molecule has 0 unspecified atom stereocenters. The number of aromatic nitrogens is 5. The number of benzene rings is 1. The number of ether oxygens (including phenoxy) is 2. The van der Waals surface area contributed by atoms with Crippen molar-refractivity contribution in [1.29, 1.82) is 0 Å². The second-order valence-electron chi connectivity index (χ2n) is 7.09. The van der Waals surface area contributed by atoms with Crippen LogP contribution in [0.25, 0.3) is 11.3 Å². The Morgan fingerprint density at radius 2 is 2.00 bits per heavy atom. The molecule has 2 aliphatic rings. The van der Waals surface area contributed by atoms with Crippen molar-refractivity contribution in [1.82, 2.24) is 30.1 Å². The first-order valence-corrected chi connectivity index (χ1v) is 10.5. The number of amides is 1. The number of carbonyl (C=O) groups excluding carboxylic acids is 1. The normalized spacial score (nSPS) is 16.8. The van der Waals surface area contributed by atoms with E-state index in [9.17, 15) is 4.79 Å². The predicted octanol–water partition coefficient (Wildman–Crippen LogP) is 1.97.